The Labute approximate surface area is 174 Å². The zero-order valence-corrected chi connectivity index (χ0v) is 17.5. The molecule has 0 aromatic heterocycles. The van der Waals surface area contributed by atoms with E-state index in [9.17, 15) is 8.78 Å². The Morgan fingerprint density at radius 2 is 1.24 bits per heavy atom. The van der Waals surface area contributed by atoms with Gasteiger partial charge in [-0.15, -0.1) is 0 Å². The Kier molecular flexibility index (Phi) is 7.82. The second kappa shape index (κ2) is 10.5. The van der Waals surface area contributed by atoms with Gasteiger partial charge >= 0.3 is 0 Å². The quantitative estimate of drug-likeness (QED) is 0.191. The van der Waals surface area contributed by atoms with Crippen LogP contribution in [0.1, 0.15) is 44.6 Å². The van der Waals surface area contributed by atoms with Crippen LogP contribution >= 0.6 is 0 Å². The second-order valence-corrected chi connectivity index (χ2v) is 9.05. The molecule has 0 radical (unpaired) electrons. The predicted octanol–water partition coefficient (Wildman–Crippen LogP) is 7.71. The third-order valence-electron chi connectivity index (χ3n) is 4.93. The fraction of sp³-hybridized carbons (Fsp3) is 0.280. The molecule has 0 bridgehead atoms. The van der Waals surface area contributed by atoms with Crippen LogP contribution in [-0.4, -0.2) is 0 Å². The Balaban J connectivity index is 1.97. The first-order valence-electron chi connectivity index (χ1n) is 10.1. The van der Waals surface area contributed by atoms with Gasteiger partial charge in [-0.05, 0) is 37.1 Å². The molecule has 0 aliphatic heterocycles. The van der Waals surface area contributed by atoms with Crippen molar-refractivity contribution in [2.75, 3.05) is 0 Å². The van der Waals surface area contributed by atoms with Gasteiger partial charge in [0.05, 0.1) is 0 Å². The Hall–Kier alpha value is -2.20. The zero-order valence-electron chi connectivity index (χ0n) is 16.6. The molecule has 0 unspecified atom stereocenters. The number of hydrogen-bond acceptors (Lipinski definition) is 0. The van der Waals surface area contributed by atoms with Crippen molar-refractivity contribution in [3.63, 3.8) is 0 Å². The minimum Gasteiger partial charge on any atom is -0.206 e. The average Bonchev–Trinajstić information content (AvgIpc) is 2.75. The minimum absolute atomic E-state index is 0.0622. The highest BCUT2D eigenvalue weighted by atomic mass is 32.2. The fourth-order valence-corrected chi connectivity index (χ4v) is 5.53. The maximum Gasteiger partial charge on any atom is 0.214 e. The highest BCUT2D eigenvalue weighted by molar-refractivity contribution is 7.97. The maximum atomic E-state index is 15.2. The molecule has 3 aromatic rings. The topological polar surface area (TPSA) is 0 Å². The van der Waals surface area contributed by atoms with Crippen LogP contribution in [0, 0.1) is 17.5 Å². The van der Waals surface area contributed by atoms with Crippen LogP contribution in [0.25, 0.3) is 0 Å². The summed E-state index contributed by atoms with van der Waals surface area (Å²) in [4.78, 5) is 1.71. The molecule has 0 spiro atoms. The molecule has 0 saturated carbocycles. The molecular formula is C25H26F3S+. The van der Waals surface area contributed by atoms with Crippen LogP contribution in [0.15, 0.2) is 81.4 Å². The molecule has 0 atom stereocenters. The van der Waals surface area contributed by atoms with Crippen LogP contribution in [0.2, 0.25) is 0 Å². The molecule has 0 aliphatic carbocycles. The van der Waals surface area contributed by atoms with E-state index in [0.29, 0.717) is 6.42 Å². The van der Waals surface area contributed by atoms with Gasteiger partial charge in [0.2, 0.25) is 10.7 Å². The van der Waals surface area contributed by atoms with Crippen molar-refractivity contribution in [2.24, 2.45) is 0 Å². The Morgan fingerprint density at radius 3 is 1.79 bits per heavy atom. The van der Waals surface area contributed by atoms with E-state index in [1.807, 2.05) is 60.7 Å². The molecule has 0 saturated heterocycles. The van der Waals surface area contributed by atoms with Gasteiger partial charge in [-0.25, -0.2) is 8.78 Å². The molecule has 0 nitrogen and oxygen atoms in total. The fourth-order valence-electron chi connectivity index (χ4n) is 3.40. The summed E-state index contributed by atoms with van der Waals surface area (Å²) in [6.07, 6.45) is 5.03. The first-order valence-corrected chi connectivity index (χ1v) is 11.4. The van der Waals surface area contributed by atoms with Gasteiger partial charge in [0.1, 0.15) is 16.7 Å². The lowest BCUT2D eigenvalue weighted by Crippen LogP contribution is -2.11. The van der Waals surface area contributed by atoms with Crippen molar-refractivity contribution in [3.8, 4) is 0 Å². The van der Waals surface area contributed by atoms with Crippen LogP contribution in [0.3, 0.4) is 0 Å². The van der Waals surface area contributed by atoms with Gasteiger partial charge in [-0.3, -0.25) is 0 Å². The van der Waals surface area contributed by atoms with Crippen LogP contribution < -0.4 is 0 Å². The monoisotopic (exact) mass is 415 g/mol. The highest BCUT2D eigenvalue weighted by Crippen LogP contribution is 2.35. The Morgan fingerprint density at radius 1 is 0.690 bits per heavy atom. The maximum absolute atomic E-state index is 15.2. The van der Waals surface area contributed by atoms with E-state index in [0.717, 1.165) is 35.5 Å². The first-order chi connectivity index (χ1) is 14.1. The van der Waals surface area contributed by atoms with Crippen LogP contribution in [-0.2, 0) is 17.3 Å². The summed E-state index contributed by atoms with van der Waals surface area (Å²) in [7, 11) is -0.920. The summed E-state index contributed by atoms with van der Waals surface area (Å²) < 4.78 is 44.9. The summed E-state index contributed by atoms with van der Waals surface area (Å²) in [5.41, 5.74) is -0.132. The van der Waals surface area contributed by atoms with E-state index in [-0.39, 0.29) is 16.9 Å². The number of benzene rings is 3. The van der Waals surface area contributed by atoms with Crippen molar-refractivity contribution in [1.82, 2.24) is 0 Å². The molecular weight excluding hydrogens is 389 g/mol. The van der Waals surface area contributed by atoms with Gasteiger partial charge < -0.3 is 0 Å². The van der Waals surface area contributed by atoms with Crippen LogP contribution in [0.5, 0.6) is 0 Å². The van der Waals surface area contributed by atoms with Gasteiger partial charge in [0.15, 0.2) is 15.6 Å². The zero-order chi connectivity index (χ0) is 20.6. The number of unbranched alkanes of at least 4 members (excludes halogenated alkanes) is 4. The molecule has 0 amide bonds. The van der Waals surface area contributed by atoms with Crippen molar-refractivity contribution in [1.29, 1.82) is 0 Å². The number of rotatable bonds is 9. The largest absolute Gasteiger partial charge is 0.214 e. The lowest BCUT2D eigenvalue weighted by molar-refractivity contribution is 0.458. The first kappa shape index (κ1) is 21.5. The average molecular weight is 416 g/mol. The summed E-state index contributed by atoms with van der Waals surface area (Å²) in [6.45, 7) is 2.12. The molecule has 29 heavy (non-hydrogen) atoms. The lowest BCUT2D eigenvalue weighted by Gasteiger charge is -2.12. The number of hydrogen-bond donors (Lipinski definition) is 0. The summed E-state index contributed by atoms with van der Waals surface area (Å²) >= 11 is 0. The van der Waals surface area contributed by atoms with Gasteiger partial charge in [-0.2, -0.15) is 4.39 Å². The van der Waals surface area contributed by atoms with Crippen molar-refractivity contribution < 1.29 is 13.2 Å². The van der Waals surface area contributed by atoms with E-state index >= 15 is 4.39 Å². The summed E-state index contributed by atoms with van der Waals surface area (Å²) in [6, 6.07) is 19.8. The molecule has 152 valence electrons. The molecule has 0 heterocycles. The molecule has 0 aliphatic rings. The van der Waals surface area contributed by atoms with E-state index in [1.54, 1.807) is 0 Å². The van der Waals surface area contributed by atoms with Gasteiger partial charge in [0, 0.05) is 11.6 Å². The SMILES string of the molecule is CCCCCCCc1c(F)cc([S+](c2ccccc2)c2ccccc2)c(F)c1F. The molecule has 0 fully saturated rings. The normalized spacial score (nSPS) is 11.2. The number of halogens is 3. The Bertz CT molecular complexity index is 871. The van der Waals surface area contributed by atoms with E-state index in [1.165, 1.54) is 6.07 Å². The minimum atomic E-state index is -1.04. The smallest absolute Gasteiger partial charge is 0.206 e. The molecule has 0 N–H and O–H groups in total. The third kappa shape index (κ3) is 5.24. The van der Waals surface area contributed by atoms with Crippen LogP contribution in [0.4, 0.5) is 13.2 Å². The molecule has 3 aromatic carbocycles. The highest BCUT2D eigenvalue weighted by Gasteiger charge is 2.35. The van der Waals surface area contributed by atoms with E-state index in [4.69, 9.17) is 0 Å². The second-order valence-electron chi connectivity index (χ2n) is 7.06. The molecule has 4 heteroatoms. The summed E-state index contributed by atoms with van der Waals surface area (Å²) in [5.74, 6) is -2.63. The van der Waals surface area contributed by atoms with Crippen molar-refractivity contribution >= 4 is 10.9 Å². The summed E-state index contributed by atoms with van der Waals surface area (Å²) in [5, 5.41) is 0. The van der Waals surface area contributed by atoms with E-state index in [2.05, 4.69) is 6.92 Å². The lowest BCUT2D eigenvalue weighted by atomic mass is 10.0. The standard InChI is InChI=1S/C25H26F3S/c1-2-3-4-5-12-17-21-22(26)18-23(25(28)24(21)27)29(19-13-8-6-9-14-19)20-15-10-7-11-16-20/h6-11,13-16,18H,2-5,12,17H2,1H3/q+1. The third-order valence-corrected chi connectivity index (χ3v) is 7.15. The van der Waals surface area contributed by atoms with E-state index < -0.39 is 28.3 Å². The van der Waals surface area contributed by atoms with Gasteiger partial charge in [-0.1, -0.05) is 69.0 Å². The molecule has 3 rings (SSSR count). The predicted molar refractivity (Wildman–Crippen MR) is 114 cm³/mol. The van der Waals surface area contributed by atoms with Crippen molar-refractivity contribution in [3.05, 3.63) is 89.7 Å². The van der Waals surface area contributed by atoms with Gasteiger partial charge in [0.25, 0.3) is 0 Å². The van der Waals surface area contributed by atoms with Crippen molar-refractivity contribution in [2.45, 2.75) is 60.1 Å².